The monoisotopic (exact) mass is 628 g/mol. The normalized spacial score (nSPS) is 16.2. The molecule has 1 aromatic carbocycles. The van der Waals surface area contributed by atoms with Gasteiger partial charge in [-0.15, -0.1) is 0 Å². The Kier molecular flexibility index (Phi) is 10.7. The summed E-state index contributed by atoms with van der Waals surface area (Å²) in [5, 5.41) is 32.4. The van der Waals surface area contributed by atoms with Crippen molar-refractivity contribution in [3.8, 4) is 6.07 Å². The molecule has 1 amide bonds. The highest BCUT2D eigenvalue weighted by Gasteiger charge is 2.56. The molecular weight excluding hydrogens is 591 g/mol. The second-order valence-corrected chi connectivity index (χ2v) is 13.0. The van der Waals surface area contributed by atoms with Crippen LogP contribution >= 0.6 is 7.67 Å². The minimum Gasteiger partial charge on any atom is -0.393 e. The van der Waals surface area contributed by atoms with Crippen LogP contribution in [0.3, 0.4) is 0 Å². The van der Waals surface area contributed by atoms with Crippen molar-refractivity contribution < 1.29 is 28.1 Å². The first-order valence-corrected chi connectivity index (χ1v) is 15.8. The summed E-state index contributed by atoms with van der Waals surface area (Å²) in [5.41, 5.74) is 1.50. The Labute approximate surface area is 254 Å². The maximum absolute atomic E-state index is 13.4. The summed E-state index contributed by atoms with van der Waals surface area (Å²) < 4.78 is 17.3. The first-order valence-electron chi connectivity index (χ1n) is 14.3. The van der Waals surface area contributed by atoms with E-state index in [1.807, 2.05) is 29.2 Å². The molecule has 0 radical (unpaired) electrons. The molecule has 2 aliphatic rings. The van der Waals surface area contributed by atoms with Gasteiger partial charge in [-0.05, 0) is 55.9 Å². The van der Waals surface area contributed by atoms with Gasteiger partial charge in [-0.2, -0.15) is 19.3 Å². The first kappa shape index (κ1) is 32.6. The smallest absolute Gasteiger partial charge is 0.393 e. The van der Waals surface area contributed by atoms with Gasteiger partial charge in [0, 0.05) is 60.0 Å². The molecule has 2 fully saturated rings. The van der Waals surface area contributed by atoms with Crippen molar-refractivity contribution in [1.29, 1.82) is 10.7 Å². The molecule has 0 atom stereocenters. The van der Waals surface area contributed by atoms with Crippen molar-refractivity contribution >= 4 is 42.9 Å². The van der Waals surface area contributed by atoms with E-state index < -0.39 is 20.3 Å². The Bertz CT molecular complexity index is 1460. The summed E-state index contributed by atoms with van der Waals surface area (Å²) in [6, 6.07) is 9.71. The number of rotatable bonds is 12. The minimum absolute atomic E-state index is 0.00251. The Morgan fingerprint density at radius 2 is 1.73 bits per heavy atom. The van der Waals surface area contributed by atoms with Crippen LogP contribution in [0.2, 0.25) is 0 Å². The van der Waals surface area contributed by atoms with Gasteiger partial charge in [-0.1, -0.05) is 0 Å². The number of anilines is 4. The Morgan fingerprint density at radius 3 is 2.30 bits per heavy atom. The predicted molar refractivity (Wildman–Crippen MR) is 162 cm³/mol. The SMILES string of the molecule is C[N+](=O)P(=O)(OCNC(=O)c1c(C=N)nc(N2CCC(CC#N)CC2)nc1Nc1ccc(N2CCC(O)CC2)cc1)[N+](C)=O. The van der Waals surface area contributed by atoms with E-state index in [1.165, 1.54) is 0 Å². The lowest BCUT2D eigenvalue weighted by Gasteiger charge is -2.32. The van der Waals surface area contributed by atoms with Crippen molar-refractivity contribution in [3.63, 3.8) is 0 Å². The molecule has 44 heavy (non-hydrogen) atoms. The zero-order valence-electron chi connectivity index (χ0n) is 24.7. The van der Waals surface area contributed by atoms with Crippen molar-refractivity contribution in [1.82, 2.24) is 15.3 Å². The van der Waals surface area contributed by atoms with Gasteiger partial charge in [-0.3, -0.25) is 4.79 Å². The Hall–Kier alpha value is -4.32. The fourth-order valence-corrected chi connectivity index (χ4v) is 6.03. The average Bonchev–Trinajstić information content (AvgIpc) is 3.01. The number of nitriles is 1. The molecule has 2 saturated heterocycles. The van der Waals surface area contributed by atoms with E-state index in [9.17, 15) is 24.3 Å². The standard InChI is InChI=1S/C27H36N10O6P/c1-34(40)44(42,35(2)41)43-18-30-26(39)24-23(17-29)32-27(37-13-8-19(7-12-28)9-14-37)33-25(24)31-20-3-5-21(6-4-20)36-15-10-22(38)11-16-36/h3-6,17,19,22,29,38H,7-11,13-16,18H2,1-2H3,(H-,30,31,32,33,39)/q+1/p+1. The van der Waals surface area contributed by atoms with Crippen LogP contribution in [-0.4, -0.2) is 89.4 Å². The second kappa shape index (κ2) is 14.4. The molecule has 17 heteroatoms. The number of carbonyl (C=O) groups excluding carboxylic acids is 1. The number of amides is 1. The van der Waals surface area contributed by atoms with Gasteiger partial charge in [0.05, 0.1) is 12.2 Å². The molecule has 0 saturated carbocycles. The van der Waals surface area contributed by atoms with Gasteiger partial charge < -0.3 is 30.9 Å². The second-order valence-electron chi connectivity index (χ2n) is 10.7. The Balaban J connectivity index is 1.61. The number of carbonyl (C=O) groups is 1. The lowest BCUT2D eigenvalue weighted by atomic mass is 9.94. The molecular formula is C27H37N10O6P+2. The van der Waals surface area contributed by atoms with Crippen LogP contribution < -0.4 is 20.4 Å². The van der Waals surface area contributed by atoms with E-state index in [0.717, 1.165) is 51.9 Å². The minimum atomic E-state index is -4.45. The molecule has 4 N–H and O–H groups in total. The molecule has 3 heterocycles. The van der Waals surface area contributed by atoms with E-state index in [2.05, 4.69) is 31.6 Å². The quantitative estimate of drug-likeness (QED) is 0.152. The molecule has 2 aliphatic heterocycles. The topological polar surface area (TPSA) is 208 Å². The van der Waals surface area contributed by atoms with Gasteiger partial charge >= 0.3 is 7.67 Å². The summed E-state index contributed by atoms with van der Waals surface area (Å²) in [4.78, 5) is 50.0. The van der Waals surface area contributed by atoms with Crippen molar-refractivity contribution in [2.24, 2.45) is 5.92 Å². The molecule has 0 aliphatic carbocycles. The number of aliphatic hydroxyl groups is 1. The summed E-state index contributed by atoms with van der Waals surface area (Å²) >= 11 is 0. The highest BCUT2D eigenvalue weighted by Crippen LogP contribution is 2.45. The van der Waals surface area contributed by atoms with Crippen LogP contribution in [0, 0.1) is 32.5 Å². The van der Waals surface area contributed by atoms with E-state index in [4.69, 9.17) is 15.2 Å². The summed E-state index contributed by atoms with van der Waals surface area (Å²) in [7, 11) is -2.70. The van der Waals surface area contributed by atoms with Gasteiger partial charge in [0.1, 0.15) is 32.9 Å². The van der Waals surface area contributed by atoms with Gasteiger partial charge in [0.2, 0.25) is 5.95 Å². The largest absolute Gasteiger partial charge is 0.823 e. The fourth-order valence-electron chi connectivity index (χ4n) is 5.12. The summed E-state index contributed by atoms with van der Waals surface area (Å²) in [6.07, 6.45) is 4.04. The van der Waals surface area contributed by atoms with Gasteiger partial charge in [-0.25, -0.2) is 4.98 Å². The molecule has 0 bridgehead atoms. The molecule has 4 rings (SSSR count). The number of nitrogens with one attached hydrogen (secondary N) is 3. The molecule has 0 spiro atoms. The maximum Gasteiger partial charge on any atom is 0.823 e. The third kappa shape index (κ3) is 7.60. The zero-order valence-corrected chi connectivity index (χ0v) is 25.6. The predicted octanol–water partition coefficient (Wildman–Crippen LogP) is 2.94. The van der Waals surface area contributed by atoms with Gasteiger partial charge in [0.15, 0.2) is 14.1 Å². The third-order valence-electron chi connectivity index (χ3n) is 7.70. The highest BCUT2D eigenvalue weighted by molar-refractivity contribution is 7.45. The van der Waals surface area contributed by atoms with Crippen molar-refractivity contribution in [2.45, 2.75) is 38.2 Å². The van der Waals surface area contributed by atoms with E-state index in [1.54, 1.807) is 0 Å². The molecule has 1 aromatic heterocycles. The maximum atomic E-state index is 13.4. The third-order valence-corrected chi connectivity index (χ3v) is 9.59. The van der Waals surface area contributed by atoms with E-state index in [0.29, 0.717) is 44.0 Å². The number of piperidine rings is 2. The number of benzene rings is 1. The number of hydrogen-bond acceptors (Lipinski definition) is 13. The van der Waals surface area contributed by atoms with Crippen LogP contribution in [-0.2, 0) is 9.09 Å². The Morgan fingerprint density at radius 1 is 1.11 bits per heavy atom. The lowest BCUT2D eigenvalue weighted by molar-refractivity contribution is -0.499. The number of nitrogens with zero attached hydrogens (tertiary/aromatic N) is 7. The molecule has 0 unspecified atom stereocenters. The van der Waals surface area contributed by atoms with Crippen LogP contribution in [0.5, 0.6) is 0 Å². The number of hydrogen-bond donors (Lipinski definition) is 4. The zero-order chi connectivity index (χ0) is 31.9. The van der Waals surface area contributed by atoms with Gasteiger partial charge in [0.25, 0.3) is 5.91 Å². The van der Waals surface area contributed by atoms with Crippen LogP contribution in [0.25, 0.3) is 0 Å². The molecule has 16 nitrogen and oxygen atoms in total. The van der Waals surface area contributed by atoms with Crippen molar-refractivity contribution in [3.05, 3.63) is 45.3 Å². The number of aromatic nitrogens is 2. The fraction of sp³-hybridized carbons (Fsp3) is 0.519. The summed E-state index contributed by atoms with van der Waals surface area (Å²) in [6.45, 7) is 1.94. The average molecular weight is 629 g/mol. The van der Waals surface area contributed by atoms with Crippen LogP contribution in [0.4, 0.5) is 23.1 Å². The van der Waals surface area contributed by atoms with E-state index in [-0.39, 0.29) is 38.2 Å². The van der Waals surface area contributed by atoms with Crippen LogP contribution in [0.15, 0.2) is 24.3 Å². The number of nitroso groups, excluding NO2 is 2. The van der Waals surface area contributed by atoms with E-state index >= 15 is 0 Å². The van der Waals surface area contributed by atoms with Crippen LogP contribution in [0.1, 0.15) is 48.2 Å². The number of aliphatic hydroxyl groups excluding tert-OH is 1. The first-order chi connectivity index (χ1) is 21.0. The molecule has 234 valence electrons. The molecule has 2 aromatic rings. The van der Waals surface area contributed by atoms with Crippen molar-refractivity contribution in [2.75, 3.05) is 62.1 Å². The summed E-state index contributed by atoms with van der Waals surface area (Å²) in [5.74, 6) is -0.102. The highest BCUT2D eigenvalue weighted by atomic mass is 31.2. The lowest BCUT2D eigenvalue weighted by Crippen LogP contribution is -2.36.